The van der Waals surface area contributed by atoms with Gasteiger partial charge in [0.2, 0.25) is 10.0 Å². The summed E-state index contributed by atoms with van der Waals surface area (Å²) < 4.78 is 27.3. The van der Waals surface area contributed by atoms with Gasteiger partial charge in [-0.2, -0.15) is 0 Å². The van der Waals surface area contributed by atoms with E-state index in [1.54, 1.807) is 18.2 Å². The van der Waals surface area contributed by atoms with E-state index in [0.717, 1.165) is 10.9 Å². The van der Waals surface area contributed by atoms with Crippen molar-refractivity contribution in [1.29, 1.82) is 0 Å². The Bertz CT molecular complexity index is 599. The van der Waals surface area contributed by atoms with Crippen LogP contribution in [0.15, 0.2) is 35.4 Å². The van der Waals surface area contributed by atoms with E-state index in [0.29, 0.717) is 4.90 Å². The number of aromatic nitrogens is 1. The quantitative estimate of drug-likeness (QED) is 0.830. The molecule has 0 amide bonds. The van der Waals surface area contributed by atoms with Crippen LogP contribution in [0.5, 0.6) is 0 Å². The number of benzene rings is 1. The van der Waals surface area contributed by atoms with Crippen molar-refractivity contribution in [3.8, 4) is 0 Å². The highest BCUT2D eigenvalue weighted by Gasteiger charge is 2.12. The summed E-state index contributed by atoms with van der Waals surface area (Å²) in [6, 6.07) is 7.03. The van der Waals surface area contributed by atoms with Gasteiger partial charge in [-0.3, -0.25) is 0 Å². The molecule has 0 atom stereocenters. The van der Waals surface area contributed by atoms with E-state index in [-0.39, 0.29) is 0 Å². The van der Waals surface area contributed by atoms with Gasteiger partial charge < -0.3 is 4.57 Å². The van der Waals surface area contributed by atoms with Crippen LogP contribution in [0.4, 0.5) is 0 Å². The summed E-state index contributed by atoms with van der Waals surface area (Å²) in [6.07, 6.45) is 1.90. The molecule has 1 aromatic carbocycles. The second-order valence-corrected chi connectivity index (χ2v) is 5.24. The molecule has 2 rings (SSSR count). The van der Waals surface area contributed by atoms with Crippen LogP contribution in [0.25, 0.3) is 10.9 Å². The van der Waals surface area contributed by atoms with Crippen molar-refractivity contribution in [2.24, 2.45) is 7.05 Å². The van der Waals surface area contributed by atoms with Crippen LogP contribution in [0.1, 0.15) is 0 Å². The van der Waals surface area contributed by atoms with E-state index in [9.17, 15) is 8.42 Å². The third kappa shape index (κ3) is 1.64. The minimum atomic E-state index is -3.35. The first-order chi connectivity index (χ1) is 7.04. The molecule has 1 aromatic heterocycles. The molecule has 15 heavy (non-hydrogen) atoms. The van der Waals surface area contributed by atoms with E-state index in [1.807, 2.05) is 23.9 Å². The largest absolute Gasteiger partial charge is 0.351 e. The summed E-state index contributed by atoms with van der Waals surface area (Å²) in [5.41, 5.74) is 0.909. The predicted molar refractivity (Wildman–Crippen MR) is 59.2 cm³/mol. The van der Waals surface area contributed by atoms with Crippen molar-refractivity contribution in [1.82, 2.24) is 9.29 Å². The maximum absolute atomic E-state index is 11.6. The van der Waals surface area contributed by atoms with Gasteiger partial charge in [0.05, 0.1) is 4.90 Å². The number of nitrogens with one attached hydrogen (secondary N) is 1. The summed E-state index contributed by atoms with van der Waals surface area (Å²) >= 11 is 0. The van der Waals surface area contributed by atoms with Crippen molar-refractivity contribution in [3.05, 3.63) is 30.5 Å². The molecule has 0 spiro atoms. The second kappa shape index (κ2) is 3.36. The molecule has 1 N–H and O–H groups in total. The molecule has 0 aliphatic rings. The molecule has 0 unspecified atom stereocenters. The highest BCUT2D eigenvalue weighted by Crippen LogP contribution is 2.19. The Labute approximate surface area is 88.6 Å². The van der Waals surface area contributed by atoms with Gasteiger partial charge in [0.25, 0.3) is 0 Å². The highest BCUT2D eigenvalue weighted by molar-refractivity contribution is 7.89. The van der Waals surface area contributed by atoms with E-state index in [1.165, 1.54) is 7.05 Å². The highest BCUT2D eigenvalue weighted by atomic mass is 32.2. The lowest BCUT2D eigenvalue weighted by Gasteiger charge is -2.03. The first-order valence-electron chi connectivity index (χ1n) is 4.53. The lowest BCUT2D eigenvalue weighted by Crippen LogP contribution is -2.18. The number of rotatable bonds is 2. The molecule has 0 radical (unpaired) electrons. The normalized spacial score (nSPS) is 12.1. The third-order valence-electron chi connectivity index (χ3n) is 2.44. The Hall–Kier alpha value is -1.33. The number of nitrogens with zero attached hydrogens (tertiary/aromatic N) is 1. The molecule has 2 aromatic rings. The SMILES string of the molecule is CNS(=O)(=O)c1ccc2ccn(C)c2c1. The second-order valence-electron chi connectivity index (χ2n) is 3.35. The topological polar surface area (TPSA) is 51.1 Å². The average Bonchev–Trinajstić information content (AvgIpc) is 2.60. The molecule has 0 saturated carbocycles. The molecule has 1 heterocycles. The van der Waals surface area contributed by atoms with Crippen molar-refractivity contribution in [2.75, 3.05) is 7.05 Å². The lowest BCUT2D eigenvalue weighted by molar-refractivity contribution is 0.588. The Morgan fingerprint density at radius 2 is 2.00 bits per heavy atom. The van der Waals surface area contributed by atoms with Gasteiger partial charge in [0, 0.05) is 18.8 Å². The summed E-state index contributed by atoms with van der Waals surface area (Å²) in [7, 11) is -0.0534. The Balaban J connectivity index is 2.70. The minimum absolute atomic E-state index is 0.291. The molecule has 0 saturated heterocycles. The van der Waals surface area contributed by atoms with Gasteiger partial charge in [-0.1, -0.05) is 6.07 Å². The van der Waals surface area contributed by atoms with Crippen LogP contribution in [-0.2, 0) is 17.1 Å². The molecule has 0 bridgehead atoms. The first kappa shape index (κ1) is 10.2. The molecular weight excluding hydrogens is 212 g/mol. The van der Waals surface area contributed by atoms with Gasteiger partial charge >= 0.3 is 0 Å². The lowest BCUT2D eigenvalue weighted by atomic mass is 10.2. The van der Waals surface area contributed by atoms with Crippen molar-refractivity contribution >= 4 is 20.9 Å². The summed E-state index contributed by atoms with van der Waals surface area (Å²) in [5.74, 6) is 0. The van der Waals surface area contributed by atoms with Crippen LogP contribution < -0.4 is 4.72 Å². The predicted octanol–water partition coefficient (Wildman–Crippen LogP) is 1.09. The van der Waals surface area contributed by atoms with E-state index in [2.05, 4.69) is 4.72 Å². The molecule has 5 heteroatoms. The Morgan fingerprint density at radius 1 is 1.27 bits per heavy atom. The first-order valence-corrected chi connectivity index (χ1v) is 6.01. The van der Waals surface area contributed by atoms with Gasteiger partial charge in [0.1, 0.15) is 0 Å². The van der Waals surface area contributed by atoms with E-state index in [4.69, 9.17) is 0 Å². The zero-order valence-electron chi connectivity index (χ0n) is 8.56. The summed E-state index contributed by atoms with van der Waals surface area (Å²) in [5, 5.41) is 1.03. The standard InChI is InChI=1S/C10H12N2O2S/c1-11-15(13,14)9-4-3-8-5-6-12(2)10(8)7-9/h3-7,11H,1-2H3. The third-order valence-corrected chi connectivity index (χ3v) is 3.85. The molecular formula is C10H12N2O2S. The van der Waals surface area contributed by atoms with Crippen LogP contribution in [0.3, 0.4) is 0 Å². The fraction of sp³-hybridized carbons (Fsp3) is 0.200. The van der Waals surface area contributed by atoms with Crippen molar-refractivity contribution < 1.29 is 8.42 Å². The summed E-state index contributed by atoms with van der Waals surface area (Å²) in [6.45, 7) is 0. The van der Waals surface area contributed by atoms with Crippen molar-refractivity contribution in [3.63, 3.8) is 0 Å². The molecule has 0 fully saturated rings. The Morgan fingerprint density at radius 3 is 2.67 bits per heavy atom. The van der Waals surface area contributed by atoms with Crippen LogP contribution >= 0.6 is 0 Å². The maximum Gasteiger partial charge on any atom is 0.240 e. The number of aryl methyl sites for hydroxylation is 1. The Kier molecular flexibility index (Phi) is 2.28. The fourth-order valence-corrected chi connectivity index (χ4v) is 2.28. The zero-order chi connectivity index (χ0) is 11.1. The number of sulfonamides is 1. The van der Waals surface area contributed by atoms with Crippen LogP contribution in [0, 0.1) is 0 Å². The molecule has 80 valence electrons. The monoisotopic (exact) mass is 224 g/mol. The summed E-state index contributed by atoms with van der Waals surface area (Å²) in [4.78, 5) is 0.291. The van der Waals surface area contributed by atoms with Crippen molar-refractivity contribution in [2.45, 2.75) is 4.90 Å². The van der Waals surface area contributed by atoms with Crippen LogP contribution in [0.2, 0.25) is 0 Å². The van der Waals surface area contributed by atoms with Crippen LogP contribution in [-0.4, -0.2) is 20.0 Å². The zero-order valence-corrected chi connectivity index (χ0v) is 9.38. The van der Waals surface area contributed by atoms with Gasteiger partial charge in [-0.15, -0.1) is 0 Å². The number of hydrogen-bond acceptors (Lipinski definition) is 2. The minimum Gasteiger partial charge on any atom is -0.351 e. The number of hydrogen-bond donors (Lipinski definition) is 1. The molecule has 4 nitrogen and oxygen atoms in total. The van der Waals surface area contributed by atoms with E-state index < -0.39 is 10.0 Å². The molecule has 0 aliphatic heterocycles. The molecule has 0 aliphatic carbocycles. The number of fused-ring (bicyclic) bond motifs is 1. The maximum atomic E-state index is 11.6. The van der Waals surface area contributed by atoms with Gasteiger partial charge in [0.15, 0.2) is 0 Å². The smallest absolute Gasteiger partial charge is 0.240 e. The van der Waals surface area contributed by atoms with E-state index >= 15 is 0 Å². The van der Waals surface area contributed by atoms with Gasteiger partial charge in [-0.05, 0) is 30.6 Å². The fourth-order valence-electron chi connectivity index (χ4n) is 1.53. The average molecular weight is 224 g/mol. The van der Waals surface area contributed by atoms with Gasteiger partial charge in [-0.25, -0.2) is 13.1 Å².